The van der Waals surface area contributed by atoms with E-state index in [0.29, 0.717) is 0 Å². The lowest BCUT2D eigenvalue weighted by Gasteiger charge is -2.29. The van der Waals surface area contributed by atoms with Gasteiger partial charge in [-0.15, -0.1) is 0 Å². The highest BCUT2D eigenvalue weighted by atomic mass is 16.5. The van der Waals surface area contributed by atoms with Crippen molar-refractivity contribution in [1.29, 1.82) is 0 Å². The van der Waals surface area contributed by atoms with Crippen molar-refractivity contribution in [2.75, 3.05) is 32.8 Å². The fourth-order valence-corrected chi connectivity index (χ4v) is 2.39. The summed E-state index contributed by atoms with van der Waals surface area (Å²) in [5, 5.41) is 0. The first-order chi connectivity index (χ1) is 8.15. The Morgan fingerprint density at radius 1 is 1.18 bits per heavy atom. The van der Waals surface area contributed by atoms with Crippen LogP contribution in [0, 0.1) is 13.8 Å². The van der Waals surface area contributed by atoms with Crippen LogP contribution in [0.1, 0.15) is 22.7 Å². The highest BCUT2D eigenvalue weighted by molar-refractivity contribution is 5.30. The highest BCUT2D eigenvalue weighted by Gasteiger charge is 2.15. The average molecular weight is 234 g/mol. The molecule has 1 unspecified atom stereocenters. The Morgan fingerprint density at radius 2 is 1.76 bits per heavy atom. The summed E-state index contributed by atoms with van der Waals surface area (Å²) in [5.74, 6) is 0. The van der Waals surface area contributed by atoms with E-state index in [1.165, 1.54) is 16.7 Å². The van der Waals surface area contributed by atoms with E-state index in [9.17, 15) is 0 Å². The third-order valence-corrected chi connectivity index (χ3v) is 3.23. The fraction of sp³-hybridized carbons (Fsp3) is 0.571. The van der Waals surface area contributed by atoms with Gasteiger partial charge in [-0.3, -0.25) is 4.90 Å². The summed E-state index contributed by atoms with van der Waals surface area (Å²) >= 11 is 0. The van der Waals surface area contributed by atoms with Gasteiger partial charge in [0.2, 0.25) is 0 Å². The second-order valence-electron chi connectivity index (χ2n) is 4.94. The van der Waals surface area contributed by atoms with Gasteiger partial charge in [0.15, 0.2) is 0 Å². The third-order valence-electron chi connectivity index (χ3n) is 3.23. The van der Waals surface area contributed by atoms with E-state index in [4.69, 9.17) is 10.5 Å². The molecule has 1 heterocycles. The van der Waals surface area contributed by atoms with Crippen LogP contribution in [0.4, 0.5) is 0 Å². The topological polar surface area (TPSA) is 38.5 Å². The van der Waals surface area contributed by atoms with Crippen molar-refractivity contribution >= 4 is 0 Å². The maximum Gasteiger partial charge on any atom is 0.0594 e. The maximum absolute atomic E-state index is 6.28. The summed E-state index contributed by atoms with van der Waals surface area (Å²) in [6, 6.07) is 6.67. The second kappa shape index (κ2) is 5.63. The molecular weight excluding hydrogens is 212 g/mol. The standard InChI is InChI=1S/C14H22N2O/c1-11-7-12(2)9-13(8-11)14(15)10-16-3-5-17-6-4-16/h7-9,14H,3-6,10,15H2,1-2H3. The van der Waals surface area contributed by atoms with Gasteiger partial charge < -0.3 is 10.5 Å². The van der Waals surface area contributed by atoms with Crippen molar-refractivity contribution in [2.45, 2.75) is 19.9 Å². The van der Waals surface area contributed by atoms with Crippen LogP contribution < -0.4 is 5.73 Å². The normalized spacial score (nSPS) is 19.2. The minimum absolute atomic E-state index is 0.103. The average Bonchev–Trinajstić information content (AvgIpc) is 2.29. The smallest absolute Gasteiger partial charge is 0.0594 e. The molecule has 3 heteroatoms. The lowest BCUT2D eigenvalue weighted by molar-refractivity contribution is 0.0352. The van der Waals surface area contributed by atoms with Gasteiger partial charge in [0.05, 0.1) is 13.2 Å². The quantitative estimate of drug-likeness (QED) is 0.864. The Bertz CT molecular complexity index is 352. The summed E-state index contributed by atoms with van der Waals surface area (Å²) < 4.78 is 5.34. The van der Waals surface area contributed by atoms with E-state index < -0.39 is 0 Å². The van der Waals surface area contributed by atoms with Crippen molar-refractivity contribution in [3.63, 3.8) is 0 Å². The Kier molecular flexibility index (Phi) is 4.15. The predicted molar refractivity (Wildman–Crippen MR) is 70.1 cm³/mol. The molecule has 2 N–H and O–H groups in total. The molecular formula is C14H22N2O. The van der Waals surface area contributed by atoms with Gasteiger partial charge in [0.1, 0.15) is 0 Å². The van der Waals surface area contributed by atoms with Crippen molar-refractivity contribution in [2.24, 2.45) is 5.73 Å². The summed E-state index contributed by atoms with van der Waals surface area (Å²) in [6.07, 6.45) is 0. The monoisotopic (exact) mass is 234 g/mol. The van der Waals surface area contributed by atoms with E-state index in [0.717, 1.165) is 32.8 Å². The number of aryl methyl sites for hydroxylation is 2. The van der Waals surface area contributed by atoms with Gasteiger partial charge in [-0.05, 0) is 19.4 Å². The number of ether oxygens (including phenoxy) is 1. The van der Waals surface area contributed by atoms with Crippen molar-refractivity contribution < 1.29 is 4.74 Å². The predicted octanol–water partition coefficient (Wildman–Crippen LogP) is 1.64. The minimum Gasteiger partial charge on any atom is -0.379 e. The molecule has 1 aromatic rings. The fourth-order valence-electron chi connectivity index (χ4n) is 2.39. The number of hydrogen-bond donors (Lipinski definition) is 1. The first kappa shape index (κ1) is 12.6. The Balaban J connectivity index is 2.00. The van der Waals surface area contributed by atoms with E-state index >= 15 is 0 Å². The van der Waals surface area contributed by atoms with E-state index in [1.807, 2.05) is 0 Å². The van der Waals surface area contributed by atoms with E-state index in [2.05, 4.69) is 36.9 Å². The minimum atomic E-state index is 0.103. The van der Waals surface area contributed by atoms with Crippen LogP contribution in [-0.2, 0) is 4.74 Å². The number of benzene rings is 1. The van der Waals surface area contributed by atoms with Crippen molar-refractivity contribution in [1.82, 2.24) is 4.90 Å². The van der Waals surface area contributed by atoms with Crippen LogP contribution in [0.15, 0.2) is 18.2 Å². The molecule has 0 aromatic heterocycles. The highest BCUT2D eigenvalue weighted by Crippen LogP contribution is 2.16. The number of nitrogens with two attached hydrogens (primary N) is 1. The Labute approximate surface area is 104 Å². The summed E-state index contributed by atoms with van der Waals surface area (Å²) in [6.45, 7) is 8.83. The molecule has 0 amide bonds. The molecule has 0 aliphatic carbocycles. The molecule has 1 atom stereocenters. The molecule has 1 aliphatic rings. The maximum atomic E-state index is 6.28. The van der Waals surface area contributed by atoms with Crippen LogP contribution in [0.3, 0.4) is 0 Å². The summed E-state index contributed by atoms with van der Waals surface area (Å²) in [5.41, 5.74) is 10.1. The largest absolute Gasteiger partial charge is 0.379 e. The van der Waals surface area contributed by atoms with Crippen LogP contribution in [0.25, 0.3) is 0 Å². The number of hydrogen-bond acceptors (Lipinski definition) is 3. The lowest BCUT2D eigenvalue weighted by Crippen LogP contribution is -2.40. The van der Waals surface area contributed by atoms with Gasteiger partial charge in [0, 0.05) is 25.7 Å². The number of nitrogens with zero attached hydrogens (tertiary/aromatic N) is 1. The van der Waals surface area contributed by atoms with Crippen LogP contribution in [-0.4, -0.2) is 37.7 Å². The van der Waals surface area contributed by atoms with Crippen LogP contribution in [0.2, 0.25) is 0 Å². The molecule has 0 radical (unpaired) electrons. The van der Waals surface area contributed by atoms with Gasteiger partial charge in [-0.1, -0.05) is 29.3 Å². The zero-order chi connectivity index (χ0) is 12.3. The van der Waals surface area contributed by atoms with Crippen molar-refractivity contribution in [3.8, 4) is 0 Å². The molecule has 0 saturated carbocycles. The first-order valence-corrected chi connectivity index (χ1v) is 6.29. The van der Waals surface area contributed by atoms with E-state index in [-0.39, 0.29) is 6.04 Å². The molecule has 1 fully saturated rings. The molecule has 1 aromatic carbocycles. The zero-order valence-electron chi connectivity index (χ0n) is 10.8. The molecule has 1 aliphatic heterocycles. The molecule has 1 saturated heterocycles. The number of morpholine rings is 1. The Morgan fingerprint density at radius 3 is 2.35 bits per heavy atom. The van der Waals surface area contributed by atoms with Crippen LogP contribution in [0.5, 0.6) is 0 Å². The Hall–Kier alpha value is -0.900. The summed E-state index contributed by atoms with van der Waals surface area (Å²) in [7, 11) is 0. The zero-order valence-corrected chi connectivity index (χ0v) is 10.8. The second-order valence-corrected chi connectivity index (χ2v) is 4.94. The lowest BCUT2D eigenvalue weighted by atomic mass is 10.0. The van der Waals surface area contributed by atoms with E-state index in [1.54, 1.807) is 0 Å². The third kappa shape index (κ3) is 3.53. The van der Waals surface area contributed by atoms with Crippen LogP contribution >= 0.6 is 0 Å². The van der Waals surface area contributed by atoms with Gasteiger partial charge in [-0.2, -0.15) is 0 Å². The van der Waals surface area contributed by atoms with Gasteiger partial charge in [-0.25, -0.2) is 0 Å². The molecule has 3 nitrogen and oxygen atoms in total. The molecule has 0 bridgehead atoms. The molecule has 94 valence electrons. The van der Waals surface area contributed by atoms with Crippen molar-refractivity contribution in [3.05, 3.63) is 34.9 Å². The first-order valence-electron chi connectivity index (χ1n) is 6.29. The van der Waals surface area contributed by atoms with Gasteiger partial charge >= 0.3 is 0 Å². The number of rotatable bonds is 3. The SMILES string of the molecule is Cc1cc(C)cc(C(N)CN2CCOCC2)c1. The molecule has 2 rings (SSSR count). The molecule has 17 heavy (non-hydrogen) atoms. The van der Waals surface area contributed by atoms with Gasteiger partial charge in [0.25, 0.3) is 0 Å². The summed E-state index contributed by atoms with van der Waals surface area (Å²) in [4.78, 5) is 2.38. The molecule has 0 spiro atoms.